The average molecular weight is 413 g/mol. The summed E-state index contributed by atoms with van der Waals surface area (Å²) in [7, 11) is 5.32. The summed E-state index contributed by atoms with van der Waals surface area (Å²) in [6.45, 7) is 3.73. The lowest BCUT2D eigenvalue weighted by atomic mass is 10.1. The van der Waals surface area contributed by atoms with Crippen molar-refractivity contribution in [1.29, 1.82) is 0 Å². The summed E-state index contributed by atoms with van der Waals surface area (Å²) < 4.78 is 0. The summed E-state index contributed by atoms with van der Waals surface area (Å²) in [5, 5.41) is 6.69. The second-order valence-corrected chi connectivity index (χ2v) is 8.22. The summed E-state index contributed by atoms with van der Waals surface area (Å²) in [6, 6.07) is 16.5. The number of guanidine groups is 1. The van der Waals surface area contributed by atoms with Gasteiger partial charge < -0.3 is 15.5 Å². The van der Waals surface area contributed by atoms with Crippen molar-refractivity contribution < 1.29 is 4.79 Å². The van der Waals surface area contributed by atoms with Crippen LogP contribution in [0.3, 0.4) is 0 Å². The van der Waals surface area contributed by atoms with E-state index in [1.807, 2.05) is 36.0 Å². The van der Waals surface area contributed by atoms with Crippen LogP contribution in [0, 0.1) is 6.92 Å². The number of nitrogens with zero attached hydrogens (tertiary/aromatic N) is 2. The molecule has 0 aromatic heterocycles. The molecule has 0 aliphatic carbocycles. The summed E-state index contributed by atoms with van der Waals surface area (Å²) in [6.07, 6.45) is 0.831. The lowest BCUT2D eigenvalue weighted by Crippen LogP contribution is -2.39. The van der Waals surface area contributed by atoms with Crippen molar-refractivity contribution >= 4 is 23.6 Å². The largest absolute Gasteiger partial charge is 0.356 e. The predicted octanol–water partition coefficient (Wildman–Crippen LogP) is 3.34. The number of thioether (sulfide) groups is 1. The van der Waals surface area contributed by atoms with Gasteiger partial charge in [0, 0.05) is 51.3 Å². The first-order valence-corrected chi connectivity index (χ1v) is 11.0. The lowest BCUT2D eigenvalue weighted by molar-refractivity contribution is 0.0827. The standard InChI is InChI=1S/C23H32N4OS/c1-18-8-10-20(11-9-18)17-29-15-14-26-23(24-2)25-13-12-19-6-5-7-21(16-19)22(28)27(3)4/h5-11,16H,12-15,17H2,1-4H3,(H2,24,25,26). The molecule has 0 unspecified atom stereocenters. The third-order valence-corrected chi connectivity index (χ3v) is 5.47. The lowest BCUT2D eigenvalue weighted by Gasteiger charge is -2.13. The maximum Gasteiger partial charge on any atom is 0.253 e. The molecule has 2 aromatic rings. The van der Waals surface area contributed by atoms with Gasteiger partial charge in [-0.25, -0.2) is 0 Å². The van der Waals surface area contributed by atoms with Gasteiger partial charge in [-0.3, -0.25) is 9.79 Å². The first-order valence-electron chi connectivity index (χ1n) is 9.88. The number of amides is 1. The number of carbonyl (C=O) groups is 1. The first-order chi connectivity index (χ1) is 14.0. The highest BCUT2D eigenvalue weighted by molar-refractivity contribution is 7.98. The van der Waals surface area contributed by atoms with Gasteiger partial charge in [-0.15, -0.1) is 0 Å². The molecule has 0 aliphatic rings. The number of nitrogens with one attached hydrogen (secondary N) is 2. The van der Waals surface area contributed by atoms with Gasteiger partial charge in [-0.1, -0.05) is 42.0 Å². The van der Waals surface area contributed by atoms with E-state index in [0.717, 1.165) is 48.1 Å². The molecule has 0 saturated heterocycles. The van der Waals surface area contributed by atoms with E-state index in [2.05, 4.69) is 46.8 Å². The molecule has 0 fully saturated rings. The van der Waals surface area contributed by atoms with Crippen molar-refractivity contribution in [3.63, 3.8) is 0 Å². The third-order valence-electron chi connectivity index (χ3n) is 4.44. The number of hydrogen-bond donors (Lipinski definition) is 2. The minimum absolute atomic E-state index is 0.0282. The number of benzene rings is 2. The second kappa shape index (κ2) is 12.2. The molecule has 0 atom stereocenters. The maximum atomic E-state index is 12.1. The molecule has 5 nitrogen and oxygen atoms in total. The van der Waals surface area contributed by atoms with Crippen LogP contribution in [0.1, 0.15) is 27.0 Å². The van der Waals surface area contributed by atoms with Crippen LogP contribution in [0.25, 0.3) is 0 Å². The zero-order chi connectivity index (χ0) is 21.1. The number of hydrogen-bond acceptors (Lipinski definition) is 3. The van der Waals surface area contributed by atoms with Gasteiger partial charge in [-0.05, 0) is 36.6 Å². The Morgan fingerprint density at radius 3 is 2.45 bits per heavy atom. The van der Waals surface area contributed by atoms with Gasteiger partial charge >= 0.3 is 0 Å². The van der Waals surface area contributed by atoms with Gasteiger partial charge in [0.25, 0.3) is 5.91 Å². The van der Waals surface area contributed by atoms with Crippen LogP contribution in [-0.4, -0.2) is 56.8 Å². The molecule has 0 heterocycles. The van der Waals surface area contributed by atoms with E-state index in [-0.39, 0.29) is 5.91 Å². The molecule has 2 rings (SSSR count). The number of rotatable bonds is 9. The van der Waals surface area contributed by atoms with E-state index in [4.69, 9.17) is 0 Å². The SMILES string of the molecule is CN=C(NCCSCc1ccc(C)cc1)NCCc1cccc(C(=O)N(C)C)c1. The Morgan fingerprint density at radius 1 is 1.03 bits per heavy atom. The third kappa shape index (κ3) is 8.20. The molecular formula is C23H32N4OS. The molecular weight excluding hydrogens is 380 g/mol. The zero-order valence-electron chi connectivity index (χ0n) is 17.9. The Balaban J connectivity index is 1.67. The maximum absolute atomic E-state index is 12.1. The van der Waals surface area contributed by atoms with E-state index >= 15 is 0 Å². The Labute approximate surface area is 179 Å². The van der Waals surface area contributed by atoms with Crippen LogP contribution in [0.15, 0.2) is 53.5 Å². The van der Waals surface area contributed by atoms with Crippen LogP contribution in [0.4, 0.5) is 0 Å². The van der Waals surface area contributed by atoms with Crippen LogP contribution < -0.4 is 10.6 Å². The molecule has 0 radical (unpaired) electrons. The van der Waals surface area contributed by atoms with Crippen LogP contribution in [0.2, 0.25) is 0 Å². The van der Waals surface area contributed by atoms with Crippen LogP contribution in [0.5, 0.6) is 0 Å². The van der Waals surface area contributed by atoms with Gasteiger partial charge in [0.1, 0.15) is 0 Å². The van der Waals surface area contributed by atoms with E-state index in [1.165, 1.54) is 11.1 Å². The van der Waals surface area contributed by atoms with E-state index in [0.29, 0.717) is 0 Å². The zero-order valence-corrected chi connectivity index (χ0v) is 18.7. The van der Waals surface area contributed by atoms with Gasteiger partial charge in [0.15, 0.2) is 5.96 Å². The predicted molar refractivity (Wildman–Crippen MR) is 125 cm³/mol. The fourth-order valence-corrected chi connectivity index (χ4v) is 3.60. The van der Waals surface area contributed by atoms with E-state index in [9.17, 15) is 4.79 Å². The molecule has 0 aliphatic heterocycles. The van der Waals surface area contributed by atoms with Crippen molar-refractivity contribution in [1.82, 2.24) is 15.5 Å². The molecule has 2 aromatic carbocycles. The number of carbonyl (C=O) groups excluding carboxylic acids is 1. The summed E-state index contributed by atoms with van der Waals surface area (Å²) in [5.74, 6) is 2.88. The van der Waals surface area contributed by atoms with Gasteiger partial charge in [0.05, 0.1) is 0 Å². The molecule has 156 valence electrons. The molecule has 0 spiro atoms. The smallest absolute Gasteiger partial charge is 0.253 e. The molecule has 2 N–H and O–H groups in total. The van der Waals surface area contributed by atoms with Crippen molar-refractivity contribution in [3.05, 3.63) is 70.8 Å². The Hall–Kier alpha value is -2.47. The van der Waals surface area contributed by atoms with E-state index in [1.54, 1.807) is 26.0 Å². The fraction of sp³-hybridized carbons (Fsp3) is 0.391. The molecule has 29 heavy (non-hydrogen) atoms. The Kier molecular flexibility index (Phi) is 9.57. The summed E-state index contributed by atoms with van der Waals surface area (Å²) in [5.41, 5.74) is 4.51. The van der Waals surface area contributed by atoms with Crippen LogP contribution in [-0.2, 0) is 12.2 Å². The average Bonchev–Trinajstić information content (AvgIpc) is 2.73. The monoisotopic (exact) mass is 412 g/mol. The summed E-state index contributed by atoms with van der Waals surface area (Å²) in [4.78, 5) is 18.0. The highest BCUT2D eigenvalue weighted by Crippen LogP contribution is 2.12. The van der Waals surface area contributed by atoms with Crippen molar-refractivity contribution in [2.45, 2.75) is 19.1 Å². The molecule has 6 heteroatoms. The Bertz CT molecular complexity index is 803. The quantitative estimate of drug-likeness (QED) is 0.377. The highest BCUT2D eigenvalue weighted by Gasteiger charge is 2.08. The Morgan fingerprint density at radius 2 is 1.76 bits per heavy atom. The van der Waals surface area contributed by atoms with Crippen molar-refractivity contribution in [3.8, 4) is 0 Å². The molecule has 0 bridgehead atoms. The fourth-order valence-electron chi connectivity index (χ4n) is 2.78. The van der Waals surface area contributed by atoms with Crippen LogP contribution >= 0.6 is 11.8 Å². The topological polar surface area (TPSA) is 56.7 Å². The van der Waals surface area contributed by atoms with Gasteiger partial charge in [0.2, 0.25) is 0 Å². The van der Waals surface area contributed by atoms with Gasteiger partial charge in [-0.2, -0.15) is 11.8 Å². The minimum Gasteiger partial charge on any atom is -0.356 e. The second-order valence-electron chi connectivity index (χ2n) is 7.11. The summed E-state index contributed by atoms with van der Waals surface area (Å²) >= 11 is 1.91. The minimum atomic E-state index is 0.0282. The number of aliphatic imine (C=N–C) groups is 1. The first kappa shape index (κ1) is 22.8. The van der Waals surface area contributed by atoms with Crippen molar-refractivity contribution in [2.75, 3.05) is 40.0 Å². The number of aryl methyl sites for hydroxylation is 1. The van der Waals surface area contributed by atoms with Crippen molar-refractivity contribution in [2.24, 2.45) is 4.99 Å². The molecule has 1 amide bonds. The van der Waals surface area contributed by atoms with E-state index < -0.39 is 0 Å². The molecule has 0 saturated carbocycles. The normalized spacial score (nSPS) is 11.2. The highest BCUT2D eigenvalue weighted by atomic mass is 32.2.